The number of imidazole rings is 1. The predicted octanol–water partition coefficient (Wildman–Crippen LogP) is 5.59. The van der Waals surface area contributed by atoms with Crippen LogP contribution >= 0.6 is 23.4 Å². The van der Waals surface area contributed by atoms with Crippen LogP contribution in [0, 0.1) is 11.8 Å². The molecule has 4 aromatic rings. The number of ether oxygens (including phenoxy) is 1. The molecule has 2 N–H and O–H groups in total. The molecule has 148 valence electrons. The average molecular weight is 435 g/mol. The Morgan fingerprint density at radius 2 is 1.80 bits per heavy atom. The van der Waals surface area contributed by atoms with Crippen LogP contribution in [0.5, 0.6) is 11.5 Å². The minimum Gasteiger partial charge on any atom is -0.481 e. The maximum absolute atomic E-state index is 10.7. The monoisotopic (exact) mass is 434 g/mol. The summed E-state index contributed by atoms with van der Waals surface area (Å²) in [4.78, 5) is 18.2. The van der Waals surface area contributed by atoms with E-state index in [0.29, 0.717) is 21.3 Å². The van der Waals surface area contributed by atoms with Crippen molar-refractivity contribution in [2.24, 2.45) is 0 Å². The van der Waals surface area contributed by atoms with E-state index in [1.54, 1.807) is 12.1 Å². The van der Waals surface area contributed by atoms with Crippen LogP contribution in [-0.2, 0) is 4.79 Å². The Morgan fingerprint density at radius 3 is 2.53 bits per heavy atom. The number of nitrogens with zero attached hydrogens (tertiary/aromatic N) is 1. The fourth-order valence-corrected chi connectivity index (χ4v) is 3.49. The van der Waals surface area contributed by atoms with Gasteiger partial charge in [0.2, 0.25) is 0 Å². The van der Waals surface area contributed by atoms with Gasteiger partial charge in [0, 0.05) is 11.1 Å². The van der Waals surface area contributed by atoms with Gasteiger partial charge in [0.25, 0.3) is 0 Å². The molecule has 30 heavy (non-hydrogen) atoms. The molecule has 0 atom stereocenters. The van der Waals surface area contributed by atoms with E-state index in [1.807, 2.05) is 54.6 Å². The Hall–Kier alpha value is -3.40. The average Bonchev–Trinajstić information content (AvgIpc) is 3.14. The van der Waals surface area contributed by atoms with Gasteiger partial charge < -0.3 is 14.8 Å². The van der Waals surface area contributed by atoms with Crippen LogP contribution in [0.25, 0.3) is 11.0 Å². The zero-order valence-electron chi connectivity index (χ0n) is 15.6. The first-order valence-corrected chi connectivity index (χ1v) is 10.3. The van der Waals surface area contributed by atoms with E-state index in [-0.39, 0.29) is 5.75 Å². The van der Waals surface area contributed by atoms with Gasteiger partial charge >= 0.3 is 5.97 Å². The van der Waals surface area contributed by atoms with E-state index in [9.17, 15) is 4.79 Å². The smallest absolute Gasteiger partial charge is 0.313 e. The number of thioether (sulfide) groups is 1. The van der Waals surface area contributed by atoms with Crippen molar-refractivity contribution in [3.8, 4) is 23.3 Å². The van der Waals surface area contributed by atoms with Crippen molar-refractivity contribution in [3.63, 3.8) is 0 Å². The van der Waals surface area contributed by atoms with Crippen LogP contribution in [0.2, 0.25) is 5.02 Å². The summed E-state index contributed by atoms with van der Waals surface area (Å²) >= 11 is 7.47. The van der Waals surface area contributed by atoms with Gasteiger partial charge in [-0.1, -0.05) is 53.4 Å². The van der Waals surface area contributed by atoms with Crippen molar-refractivity contribution in [1.29, 1.82) is 0 Å². The number of hydrogen-bond acceptors (Lipinski definition) is 4. The second-order valence-corrected chi connectivity index (χ2v) is 7.63. The van der Waals surface area contributed by atoms with Gasteiger partial charge in [0.15, 0.2) is 5.16 Å². The zero-order chi connectivity index (χ0) is 20.9. The second-order valence-electron chi connectivity index (χ2n) is 6.26. The maximum Gasteiger partial charge on any atom is 0.313 e. The molecule has 0 spiro atoms. The summed E-state index contributed by atoms with van der Waals surface area (Å²) in [6.07, 6.45) is 0. The molecule has 3 aromatic carbocycles. The van der Waals surface area contributed by atoms with Gasteiger partial charge in [-0.2, -0.15) is 0 Å². The number of fused-ring (bicyclic) bond motifs is 1. The van der Waals surface area contributed by atoms with Gasteiger partial charge in [0.05, 0.1) is 21.8 Å². The van der Waals surface area contributed by atoms with E-state index >= 15 is 0 Å². The number of aliphatic carboxylic acids is 1. The minimum atomic E-state index is -0.898. The second kappa shape index (κ2) is 8.95. The first-order valence-electron chi connectivity index (χ1n) is 8.96. The highest BCUT2D eigenvalue weighted by atomic mass is 35.5. The molecule has 1 aromatic heterocycles. The van der Waals surface area contributed by atoms with Crippen LogP contribution in [0.15, 0.2) is 71.9 Å². The van der Waals surface area contributed by atoms with Crippen molar-refractivity contribution in [2.75, 3.05) is 5.75 Å². The Balaban J connectivity index is 1.51. The van der Waals surface area contributed by atoms with E-state index < -0.39 is 5.97 Å². The minimum absolute atomic E-state index is 0.0653. The van der Waals surface area contributed by atoms with Crippen LogP contribution in [0.1, 0.15) is 11.1 Å². The number of aromatic nitrogens is 2. The molecule has 0 aliphatic rings. The standard InChI is InChI=1S/C23H15ClN2O3S/c24-19-13-21-20(25-23(26-21)30-14-22(27)28)12-16(19)9-6-15-7-10-18(11-8-15)29-17-4-2-1-3-5-17/h1-5,7-8,10-13H,14H2,(H,25,26)(H,27,28). The molecule has 0 bridgehead atoms. The summed E-state index contributed by atoms with van der Waals surface area (Å²) < 4.78 is 5.78. The van der Waals surface area contributed by atoms with Crippen molar-refractivity contribution < 1.29 is 14.6 Å². The van der Waals surface area contributed by atoms with Crippen LogP contribution in [0.4, 0.5) is 0 Å². The molecule has 0 unspecified atom stereocenters. The largest absolute Gasteiger partial charge is 0.481 e. The molecule has 5 nitrogen and oxygen atoms in total. The third kappa shape index (κ3) is 4.95. The molecule has 0 fully saturated rings. The number of H-pyrrole nitrogens is 1. The Kier molecular flexibility index (Phi) is 5.94. The van der Waals surface area contributed by atoms with Crippen LogP contribution in [0.3, 0.4) is 0 Å². The molecular formula is C23H15ClN2O3S. The van der Waals surface area contributed by atoms with Gasteiger partial charge in [-0.25, -0.2) is 4.98 Å². The van der Waals surface area contributed by atoms with Crippen molar-refractivity contribution in [3.05, 3.63) is 82.9 Å². The van der Waals surface area contributed by atoms with Gasteiger partial charge in [-0.05, 0) is 48.5 Å². The maximum atomic E-state index is 10.7. The summed E-state index contributed by atoms with van der Waals surface area (Å²) in [5.41, 5.74) is 2.89. The summed E-state index contributed by atoms with van der Waals surface area (Å²) in [6, 6.07) is 20.6. The lowest BCUT2D eigenvalue weighted by atomic mass is 10.1. The quantitative estimate of drug-likeness (QED) is 0.316. The van der Waals surface area contributed by atoms with Crippen molar-refractivity contribution >= 4 is 40.4 Å². The highest BCUT2D eigenvalue weighted by Gasteiger charge is 2.09. The van der Waals surface area contributed by atoms with Crippen LogP contribution < -0.4 is 4.74 Å². The lowest BCUT2D eigenvalue weighted by Crippen LogP contribution is -1.97. The molecule has 0 amide bonds. The third-order valence-corrected chi connectivity index (χ3v) is 5.23. The number of carbonyl (C=O) groups is 1. The normalized spacial score (nSPS) is 10.4. The van der Waals surface area contributed by atoms with Gasteiger partial charge in [-0.15, -0.1) is 0 Å². The Labute approximate surface area is 182 Å². The van der Waals surface area contributed by atoms with Crippen molar-refractivity contribution in [1.82, 2.24) is 9.97 Å². The number of nitrogens with one attached hydrogen (secondary N) is 1. The SMILES string of the molecule is O=C(O)CSc1nc2cc(C#Cc3ccc(Oc4ccccc4)cc3)c(Cl)cc2[nH]1. The number of hydrogen-bond donors (Lipinski definition) is 2. The van der Waals surface area contributed by atoms with Gasteiger partial charge in [-0.3, -0.25) is 4.79 Å². The van der Waals surface area contributed by atoms with Crippen LogP contribution in [-0.4, -0.2) is 26.8 Å². The summed E-state index contributed by atoms with van der Waals surface area (Å²) in [5, 5.41) is 9.83. The van der Waals surface area contributed by atoms with E-state index in [4.69, 9.17) is 21.4 Å². The summed E-state index contributed by atoms with van der Waals surface area (Å²) in [5.74, 6) is 6.71. The molecule has 0 saturated heterocycles. The molecular weight excluding hydrogens is 420 g/mol. The first-order chi connectivity index (χ1) is 14.6. The molecule has 4 rings (SSSR count). The Bertz CT molecular complexity index is 1260. The molecule has 1 heterocycles. The molecule has 0 aliphatic heterocycles. The number of rotatable bonds is 5. The fourth-order valence-electron chi connectivity index (χ4n) is 2.67. The first kappa shape index (κ1) is 19.9. The molecule has 0 aliphatic carbocycles. The summed E-state index contributed by atoms with van der Waals surface area (Å²) in [7, 11) is 0. The number of carboxylic acid groups (broad SMARTS) is 1. The predicted molar refractivity (Wildman–Crippen MR) is 118 cm³/mol. The lowest BCUT2D eigenvalue weighted by molar-refractivity contribution is -0.133. The topological polar surface area (TPSA) is 75.2 Å². The number of carboxylic acids is 1. The Morgan fingerprint density at radius 1 is 1.07 bits per heavy atom. The van der Waals surface area contributed by atoms with E-state index in [2.05, 4.69) is 21.8 Å². The number of para-hydroxylation sites is 1. The summed E-state index contributed by atoms with van der Waals surface area (Å²) in [6.45, 7) is 0. The molecule has 7 heteroatoms. The third-order valence-electron chi connectivity index (χ3n) is 4.06. The fraction of sp³-hybridized carbons (Fsp3) is 0.0435. The highest BCUT2D eigenvalue weighted by molar-refractivity contribution is 7.99. The molecule has 0 radical (unpaired) electrons. The molecule has 0 saturated carbocycles. The number of halogens is 1. The lowest BCUT2D eigenvalue weighted by Gasteiger charge is -2.04. The van der Waals surface area contributed by atoms with E-state index in [1.165, 1.54) is 0 Å². The zero-order valence-corrected chi connectivity index (χ0v) is 17.1. The number of benzene rings is 3. The number of aromatic amines is 1. The van der Waals surface area contributed by atoms with Gasteiger partial charge in [0.1, 0.15) is 11.5 Å². The highest BCUT2D eigenvalue weighted by Crippen LogP contribution is 2.25. The van der Waals surface area contributed by atoms with E-state index in [0.717, 1.165) is 34.3 Å². The van der Waals surface area contributed by atoms with Crippen molar-refractivity contribution in [2.45, 2.75) is 5.16 Å².